The molecule has 0 fully saturated rings. The van der Waals surface area contributed by atoms with Crippen LogP contribution in [0.3, 0.4) is 0 Å². The Balaban J connectivity index is 1.92. The number of ether oxygens (including phenoxy) is 1. The van der Waals surface area contributed by atoms with Crippen molar-refractivity contribution in [2.75, 3.05) is 11.5 Å². The highest BCUT2D eigenvalue weighted by molar-refractivity contribution is 5.96. The molecule has 0 bridgehead atoms. The molecule has 0 saturated carbocycles. The lowest BCUT2D eigenvalue weighted by molar-refractivity contribution is -0.326. The first-order chi connectivity index (χ1) is 14.6. The Kier molecular flexibility index (Phi) is 6.54. The zero-order valence-corrected chi connectivity index (χ0v) is 16.1. The number of hydrogen-bond donors (Lipinski definition) is 1. The number of pyridine rings is 1. The number of alkyl halides is 3. The van der Waals surface area contributed by atoms with Crippen LogP contribution < -0.4 is 10.2 Å². The van der Waals surface area contributed by atoms with E-state index < -0.39 is 48.1 Å². The lowest BCUT2D eigenvalue weighted by atomic mass is 10.0. The summed E-state index contributed by atoms with van der Waals surface area (Å²) in [6, 6.07) is 3.17. The molecule has 1 atom stereocenters. The van der Waals surface area contributed by atoms with Crippen LogP contribution in [-0.2, 0) is 16.0 Å². The lowest BCUT2D eigenvalue weighted by Gasteiger charge is -2.29. The van der Waals surface area contributed by atoms with Crippen molar-refractivity contribution < 1.29 is 35.9 Å². The van der Waals surface area contributed by atoms with E-state index in [1.54, 1.807) is 19.1 Å². The molecule has 0 saturated heterocycles. The standard InChI is InChI=1S/C20H17F6N3O2/c1-2-14(10-31-20(24,25)26)28-19(30)12-6-11-4-3-5-27-18(11)29(9-12)17-15(22)7-13(21)8-16(17)23/h3-5,7-9,14H,2,6,10H2,1H3,(H,28,30). The van der Waals surface area contributed by atoms with Gasteiger partial charge in [0.15, 0.2) is 11.6 Å². The predicted octanol–water partition coefficient (Wildman–Crippen LogP) is 4.51. The molecule has 2 aromatic rings. The largest absolute Gasteiger partial charge is 0.522 e. The molecule has 1 N–H and O–H groups in total. The van der Waals surface area contributed by atoms with Crippen LogP contribution in [0, 0.1) is 17.5 Å². The number of nitrogens with one attached hydrogen (secondary N) is 1. The third-order valence-corrected chi connectivity index (χ3v) is 4.55. The molecule has 0 aliphatic carbocycles. The Labute approximate surface area is 173 Å². The lowest BCUT2D eigenvalue weighted by Crippen LogP contribution is -2.41. The quantitative estimate of drug-likeness (QED) is 0.665. The number of carbonyl (C=O) groups excluding carboxylic acids is 1. The fourth-order valence-electron chi connectivity index (χ4n) is 3.06. The molecular weight excluding hydrogens is 428 g/mol. The molecule has 2 heterocycles. The van der Waals surface area contributed by atoms with Crippen LogP contribution >= 0.6 is 0 Å². The summed E-state index contributed by atoms with van der Waals surface area (Å²) in [4.78, 5) is 17.8. The van der Waals surface area contributed by atoms with Gasteiger partial charge in [0.05, 0.1) is 12.6 Å². The summed E-state index contributed by atoms with van der Waals surface area (Å²) < 4.78 is 82.8. The number of benzene rings is 1. The van der Waals surface area contributed by atoms with Crippen LogP contribution in [0.1, 0.15) is 18.9 Å². The van der Waals surface area contributed by atoms with E-state index in [4.69, 9.17) is 0 Å². The summed E-state index contributed by atoms with van der Waals surface area (Å²) in [5.41, 5.74) is -0.175. The molecule has 1 unspecified atom stereocenters. The molecule has 1 aliphatic heterocycles. The third kappa shape index (κ3) is 5.35. The highest BCUT2D eigenvalue weighted by Crippen LogP contribution is 2.36. The maximum absolute atomic E-state index is 14.4. The summed E-state index contributed by atoms with van der Waals surface area (Å²) in [6.07, 6.45) is -2.17. The Bertz CT molecular complexity index is 986. The third-order valence-electron chi connectivity index (χ3n) is 4.55. The minimum atomic E-state index is -4.85. The van der Waals surface area contributed by atoms with Crippen molar-refractivity contribution in [2.24, 2.45) is 0 Å². The molecule has 11 heteroatoms. The van der Waals surface area contributed by atoms with Crippen LogP contribution in [0.2, 0.25) is 0 Å². The molecule has 1 amide bonds. The molecule has 166 valence electrons. The Morgan fingerprint density at radius 1 is 1.26 bits per heavy atom. The fraction of sp³-hybridized carbons (Fsp3) is 0.300. The average Bonchev–Trinajstić information content (AvgIpc) is 2.69. The second kappa shape index (κ2) is 8.96. The van der Waals surface area contributed by atoms with Crippen molar-refractivity contribution in [1.29, 1.82) is 0 Å². The summed E-state index contributed by atoms with van der Waals surface area (Å²) in [7, 11) is 0. The number of anilines is 2. The van der Waals surface area contributed by atoms with E-state index >= 15 is 0 Å². The first-order valence-corrected chi connectivity index (χ1v) is 9.19. The van der Waals surface area contributed by atoms with Crippen molar-refractivity contribution in [3.05, 3.63) is 65.3 Å². The molecule has 1 aromatic heterocycles. The molecular formula is C20H17F6N3O2. The first kappa shape index (κ1) is 22.6. The highest BCUT2D eigenvalue weighted by atomic mass is 19.4. The molecule has 1 aliphatic rings. The maximum Gasteiger partial charge on any atom is 0.522 e. The van der Waals surface area contributed by atoms with E-state index in [0.29, 0.717) is 17.7 Å². The van der Waals surface area contributed by atoms with Gasteiger partial charge in [-0.25, -0.2) is 18.2 Å². The van der Waals surface area contributed by atoms with Crippen molar-refractivity contribution in [3.8, 4) is 0 Å². The van der Waals surface area contributed by atoms with E-state index in [2.05, 4.69) is 15.0 Å². The van der Waals surface area contributed by atoms with Crippen molar-refractivity contribution in [3.63, 3.8) is 0 Å². The van der Waals surface area contributed by atoms with Gasteiger partial charge in [0, 0.05) is 42.1 Å². The molecule has 3 rings (SSSR count). The summed E-state index contributed by atoms with van der Waals surface area (Å²) in [5, 5.41) is 2.42. The van der Waals surface area contributed by atoms with E-state index in [9.17, 15) is 31.1 Å². The molecule has 0 radical (unpaired) electrons. The first-order valence-electron chi connectivity index (χ1n) is 9.19. The van der Waals surface area contributed by atoms with Crippen molar-refractivity contribution >= 4 is 17.4 Å². The second-order valence-electron chi connectivity index (χ2n) is 6.74. The maximum atomic E-state index is 14.4. The average molecular weight is 445 g/mol. The van der Waals surface area contributed by atoms with E-state index in [1.807, 2.05) is 0 Å². The number of rotatable bonds is 6. The smallest absolute Gasteiger partial charge is 0.347 e. The van der Waals surface area contributed by atoms with Gasteiger partial charge in [0.25, 0.3) is 0 Å². The Morgan fingerprint density at radius 2 is 1.94 bits per heavy atom. The SMILES string of the molecule is CCC(COC(F)(F)F)NC(=O)C1=CN(c2c(F)cc(F)cc2F)c2ncccc2C1. The van der Waals surface area contributed by atoms with Crippen LogP contribution in [0.4, 0.5) is 37.8 Å². The van der Waals surface area contributed by atoms with E-state index in [-0.39, 0.29) is 24.2 Å². The van der Waals surface area contributed by atoms with Gasteiger partial charge in [-0.15, -0.1) is 13.2 Å². The van der Waals surface area contributed by atoms with Gasteiger partial charge in [0.2, 0.25) is 5.91 Å². The zero-order valence-electron chi connectivity index (χ0n) is 16.1. The van der Waals surface area contributed by atoms with Gasteiger partial charge in [0.1, 0.15) is 17.3 Å². The van der Waals surface area contributed by atoms with Gasteiger partial charge >= 0.3 is 6.36 Å². The summed E-state index contributed by atoms with van der Waals surface area (Å²) in [5.74, 6) is -4.14. The minimum Gasteiger partial charge on any atom is -0.347 e. The van der Waals surface area contributed by atoms with Crippen molar-refractivity contribution in [1.82, 2.24) is 10.3 Å². The summed E-state index contributed by atoms with van der Waals surface area (Å²) in [6.45, 7) is 0.775. The number of halogens is 6. The van der Waals surface area contributed by atoms with Crippen LogP contribution in [0.25, 0.3) is 0 Å². The number of nitrogens with zero attached hydrogens (tertiary/aromatic N) is 2. The van der Waals surface area contributed by atoms with Crippen molar-refractivity contribution in [2.45, 2.75) is 32.2 Å². The van der Waals surface area contributed by atoms with Crippen LogP contribution in [0.15, 0.2) is 42.2 Å². The normalized spacial score (nSPS) is 14.7. The van der Waals surface area contributed by atoms with Crippen LogP contribution in [-0.4, -0.2) is 29.9 Å². The Morgan fingerprint density at radius 3 is 2.55 bits per heavy atom. The Hall–Kier alpha value is -3.08. The van der Waals surface area contributed by atoms with E-state index in [0.717, 1.165) is 11.1 Å². The predicted molar refractivity (Wildman–Crippen MR) is 98.7 cm³/mol. The molecule has 0 spiro atoms. The van der Waals surface area contributed by atoms with Gasteiger partial charge in [-0.2, -0.15) is 0 Å². The monoisotopic (exact) mass is 445 g/mol. The zero-order chi connectivity index (χ0) is 22.8. The second-order valence-corrected chi connectivity index (χ2v) is 6.74. The number of carbonyl (C=O) groups is 1. The van der Waals surface area contributed by atoms with Gasteiger partial charge in [-0.05, 0) is 12.5 Å². The van der Waals surface area contributed by atoms with Gasteiger partial charge in [-0.3, -0.25) is 14.4 Å². The minimum absolute atomic E-state index is 0.0203. The summed E-state index contributed by atoms with van der Waals surface area (Å²) >= 11 is 0. The van der Waals surface area contributed by atoms with E-state index in [1.165, 1.54) is 6.20 Å². The molecule has 1 aromatic carbocycles. The molecule has 5 nitrogen and oxygen atoms in total. The molecule has 31 heavy (non-hydrogen) atoms. The fourth-order valence-corrected chi connectivity index (χ4v) is 3.06. The van der Waals surface area contributed by atoms with Crippen LogP contribution in [0.5, 0.6) is 0 Å². The van der Waals surface area contributed by atoms with Gasteiger partial charge < -0.3 is 5.32 Å². The number of aromatic nitrogens is 1. The topological polar surface area (TPSA) is 54.5 Å². The highest BCUT2D eigenvalue weighted by Gasteiger charge is 2.32. The number of hydrogen-bond acceptors (Lipinski definition) is 4. The number of amides is 1. The number of fused-ring (bicyclic) bond motifs is 1. The van der Waals surface area contributed by atoms with Gasteiger partial charge in [-0.1, -0.05) is 13.0 Å².